The predicted molar refractivity (Wildman–Crippen MR) is 75.7 cm³/mol. The maximum Gasteiger partial charge on any atom is 0.303 e. The molecule has 0 saturated carbocycles. The van der Waals surface area contributed by atoms with Crippen LogP contribution in [0.2, 0.25) is 0 Å². The van der Waals surface area contributed by atoms with Crippen molar-refractivity contribution in [2.24, 2.45) is 0 Å². The highest BCUT2D eigenvalue weighted by molar-refractivity contribution is 7.90. The lowest BCUT2D eigenvalue weighted by molar-refractivity contribution is 0.362. The monoisotopic (exact) mass is 302 g/mol. The first-order valence-corrected chi connectivity index (χ1v) is 8.88. The van der Waals surface area contributed by atoms with Crippen LogP contribution in [0.4, 0.5) is 5.13 Å². The fraction of sp³-hybridized carbons (Fsp3) is 0.727. The highest BCUT2D eigenvalue weighted by Crippen LogP contribution is 2.30. The van der Waals surface area contributed by atoms with Crippen molar-refractivity contribution in [3.8, 4) is 0 Å². The lowest BCUT2D eigenvalue weighted by Gasteiger charge is -2.26. The molecule has 0 unspecified atom stereocenters. The van der Waals surface area contributed by atoms with E-state index in [9.17, 15) is 8.42 Å². The number of piperazine rings is 1. The summed E-state index contributed by atoms with van der Waals surface area (Å²) in [5, 5.41) is 3.66. The van der Waals surface area contributed by atoms with Crippen LogP contribution >= 0.6 is 11.3 Å². The van der Waals surface area contributed by atoms with Crippen LogP contribution in [0.3, 0.4) is 0 Å². The average Bonchev–Trinajstić information content (AvgIpc) is 2.81. The summed E-state index contributed by atoms with van der Waals surface area (Å²) in [7, 11) is -3.44. The molecule has 3 rings (SSSR count). The molecule has 0 spiro atoms. The molecule has 1 aromatic rings. The minimum Gasteiger partial charge on any atom is -0.314 e. The number of hydrogen-bond donors (Lipinski definition) is 2. The first-order chi connectivity index (χ1) is 9.15. The number of hydrogen-bond acceptors (Lipinski definition) is 5. The van der Waals surface area contributed by atoms with Gasteiger partial charge in [0, 0.05) is 31.1 Å². The first kappa shape index (κ1) is 13.3. The number of nitrogens with zero attached hydrogens (tertiary/aromatic N) is 2. The highest BCUT2D eigenvalue weighted by atomic mass is 32.2. The summed E-state index contributed by atoms with van der Waals surface area (Å²) in [6, 6.07) is 0. The molecule has 106 valence electrons. The van der Waals surface area contributed by atoms with Gasteiger partial charge in [0.1, 0.15) is 0 Å². The van der Waals surface area contributed by atoms with Crippen molar-refractivity contribution < 1.29 is 8.42 Å². The normalized spacial score (nSPS) is 21.1. The van der Waals surface area contributed by atoms with E-state index in [2.05, 4.69) is 15.0 Å². The zero-order valence-corrected chi connectivity index (χ0v) is 12.3. The van der Waals surface area contributed by atoms with Crippen LogP contribution in [0.1, 0.15) is 23.4 Å². The third kappa shape index (κ3) is 2.91. The molecule has 6 nitrogen and oxygen atoms in total. The zero-order valence-electron chi connectivity index (χ0n) is 10.7. The Bertz CT molecular complexity index is 526. The number of aryl methyl sites for hydroxylation is 2. The van der Waals surface area contributed by atoms with Crippen LogP contribution < -0.4 is 10.0 Å². The molecule has 19 heavy (non-hydrogen) atoms. The fourth-order valence-corrected chi connectivity index (χ4v) is 4.90. The molecule has 0 radical (unpaired) electrons. The van der Waals surface area contributed by atoms with E-state index in [1.54, 1.807) is 0 Å². The summed E-state index contributed by atoms with van der Waals surface area (Å²) in [6.07, 6.45) is 4.34. The van der Waals surface area contributed by atoms with Crippen LogP contribution in [0.5, 0.6) is 0 Å². The molecule has 0 aromatic carbocycles. The van der Waals surface area contributed by atoms with Gasteiger partial charge >= 0.3 is 10.2 Å². The molecule has 0 amide bonds. The van der Waals surface area contributed by atoms with Crippen LogP contribution in [0, 0.1) is 0 Å². The number of fused-ring (bicyclic) bond motifs is 1. The van der Waals surface area contributed by atoms with Gasteiger partial charge in [0.15, 0.2) is 5.13 Å². The molecular formula is C11H18N4O2S2. The zero-order chi connectivity index (χ0) is 13.3. The van der Waals surface area contributed by atoms with E-state index < -0.39 is 10.2 Å². The number of nitrogens with one attached hydrogen (secondary N) is 2. The largest absolute Gasteiger partial charge is 0.314 e. The van der Waals surface area contributed by atoms with E-state index in [1.165, 1.54) is 26.9 Å². The number of aromatic nitrogens is 1. The Balaban J connectivity index is 1.74. The average molecular weight is 302 g/mol. The molecular weight excluding hydrogens is 284 g/mol. The van der Waals surface area contributed by atoms with Crippen molar-refractivity contribution in [1.29, 1.82) is 0 Å². The van der Waals surface area contributed by atoms with Crippen molar-refractivity contribution in [3.05, 3.63) is 10.6 Å². The molecule has 1 aromatic heterocycles. The highest BCUT2D eigenvalue weighted by Gasteiger charge is 2.25. The summed E-state index contributed by atoms with van der Waals surface area (Å²) in [4.78, 5) is 5.66. The SMILES string of the molecule is O=S(=O)(Nc1nc2c(s1)CCCC2)N1CCNCC1. The van der Waals surface area contributed by atoms with Gasteiger partial charge in [-0.3, -0.25) is 0 Å². The van der Waals surface area contributed by atoms with E-state index in [0.717, 1.165) is 25.0 Å². The maximum atomic E-state index is 12.2. The van der Waals surface area contributed by atoms with Gasteiger partial charge in [-0.15, -0.1) is 11.3 Å². The second-order valence-corrected chi connectivity index (χ2v) is 7.61. The van der Waals surface area contributed by atoms with E-state index in [0.29, 0.717) is 31.3 Å². The number of thiazole rings is 1. The molecule has 1 aliphatic heterocycles. The van der Waals surface area contributed by atoms with Crippen LogP contribution in [-0.4, -0.2) is 43.9 Å². The molecule has 1 saturated heterocycles. The predicted octanol–water partition coefficient (Wildman–Crippen LogP) is 0.584. The lowest BCUT2D eigenvalue weighted by atomic mass is 10.0. The first-order valence-electron chi connectivity index (χ1n) is 6.62. The van der Waals surface area contributed by atoms with Gasteiger partial charge < -0.3 is 5.32 Å². The molecule has 0 bridgehead atoms. The molecule has 8 heteroatoms. The fourth-order valence-electron chi connectivity index (χ4n) is 2.46. The van der Waals surface area contributed by atoms with Crippen molar-refractivity contribution in [1.82, 2.24) is 14.6 Å². The van der Waals surface area contributed by atoms with Crippen LogP contribution in [-0.2, 0) is 23.1 Å². The lowest BCUT2D eigenvalue weighted by Crippen LogP contribution is -2.48. The molecule has 1 aliphatic carbocycles. The Kier molecular flexibility index (Phi) is 3.75. The Morgan fingerprint density at radius 1 is 1.21 bits per heavy atom. The maximum absolute atomic E-state index is 12.2. The summed E-state index contributed by atoms with van der Waals surface area (Å²) >= 11 is 1.48. The van der Waals surface area contributed by atoms with Crippen LogP contribution in [0.25, 0.3) is 0 Å². The number of rotatable bonds is 3. The van der Waals surface area contributed by atoms with Crippen LogP contribution in [0.15, 0.2) is 0 Å². The smallest absolute Gasteiger partial charge is 0.303 e. The summed E-state index contributed by atoms with van der Waals surface area (Å²) in [5.74, 6) is 0. The quantitative estimate of drug-likeness (QED) is 0.857. The van der Waals surface area contributed by atoms with Gasteiger partial charge in [-0.05, 0) is 25.7 Å². The van der Waals surface area contributed by atoms with E-state index >= 15 is 0 Å². The third-order valence-corrected chi connectivity index (χ3v) is 6.18. The molecule has 2 aliphatic rings. The Labute approximate surface area is 117 Å². The van der Waals surface area contributed by atoms with Crippen molar-refractivity contribution in [3.63, 3.8) is 0 Å². The van der Waals surface area contributed by atoms with Gasteiger partial charge in [-0.25, -0.2) is 9.71 Å². The number of anilines is 1. The Hall–Kier alpha value is -0.700. The van der Waals surface area contributed by atoms with Gasteiger partial charge in [-0.1, -0.05) is 0 Å². The van der Waals surface area contributed by atoms with Gasteiger partial charge in [0.05, 0.1) is 5.69 Å². The molecule has 1 fully saturated rings. The Morgan fingerprint density at radius 2 is 1.95 bits per heavy atom. The van der Waals surface area contributed by atoms with E-state index in [4.69, 9.17) is 0 Å². The Morgan fingerprint density at radius 3 is 2.68 bits per heavy atom. The van der Waals surface area contributed by atoms with Gasteiger partial charge in [0.25, 0.3) is 0 Å². The van der Waals surface area contributed by atoms with Crippen molar-refractivity contribution in [2.45, 2.75) is 25.7 Å². The molecule has 0 atom stereocenters. The second-order valence-electron chi connectivity index (χ2n) is 4.85. The minimum absolute atomic E-state index is 0.514. The summed E-state index contributed by atoms with van der Waals surface area (Å²) in [6.45, 7) is 2.44. The summed E-state index contributed by atoms with van der Waals surface area (Å²) in [5.41, 5.74) is 1.08. The van der Waals surface area contributed by atoms with Crippen molar-refractivity contribution >= 4 is 26.7 Å². The third-order valence-electron chi connectivity index (χ3n) is 3.48. The minimum atomic E-state index is -3.44. The van der Waals surface area contributed by atoms with Crippen molar-refractivity contribution in [2.75, 3.05) is 30.9 Å². The summed E-state index contributed by atoms with van der Waals surface area (Å²) < 4.78 is 28.5. The molecule has 2 heterocycles. The second kappa shape index (κ2) is 5.35. The molecule has 2 N–H and O–H groups in total. The van der Waals surface area contributed by atoms with E-state index in [-0.39, 0.29) is 0 Å². The van der Waals surface area contributed by atoms with Gasteiger partial charge in [0.2, 0.25) is 0 Å². The topological polar surface area (TPSA) is 74.3 Å². The van der Waals surface area contributed by atoms with E-state index in [1.807, 2.05) is 0 Å². The standard InChI is InChI=1S/C11H18N4O2S2/c16-19(17,15-7-5-12-6-8-15)14-11-13-9-3-1-2-4-10(9)18-11/h12H,1-8H2,(H,13,14). The van der Waals surface area contributed by atoms with Gasteiger partial charge in [-0.2, -0.15) is 12.7 Å².